The molecule has 0 saturated heterocycles. The van der Waals surface area contributed by atoms with E-state index in [4.69, 9.17) is 10.5 Å². The van der Waals surface area contributed by atoms with Crippen molar-refractivity contribution in [1.82, 2.24) is 4.98 Å². The fraction of sp³-hybridized carbons (Fsp3) is 0.571. The van der Waals surface area contributed by atoms with Crippen LogP contribution in [0.1, 0.15) is 43.5 Å². The van der Waals surface area contributed by atoms with Gasteiger partial charge in [-0.3, -0.25) is 9.78 Å². The fourth-order valence-electron chi connectivity index (χ4n) is 2.42. The van der Waals surface area contributed by atoms with E-state index >= 15 is 0 Å². The zero-order valence-corrected chi connectivity index (χ0v) is 10.9. The van der Waals surface area contributed by atoms with Gasteiger partial charge in [0.15, 0.2) is 5.78 Å². The first-order valence-corrected chi connectivity index (χ1v) is 6.49. The molecule has 1 fully saturated rings. The maximum atomic E-state index is 12.3. The predicted molar refractivity (Wildman–Crippen MR) is 69.6 cm³/mol. The van der Waals surface area contributed by atoms with Crippen molar-refractivity contribution in [3.8, 4) is 5.75 Å². The molecule has 2 rings (SSSR count). The molecule has 18 heavy (non-hydrogen) atoms. The van der Waals surface area contributed by atoms with Crippen LogP contribution in [0.3, 0.4) is 0 Å². The van der Waals surface area contributed by atoms with Crippen molar-refractivity contribution in [1.29, 1.82) is 0 Å². The number of hydrogen-bond acceptors (Lipinski definition) is 4. The van der Waals surface area contributed by atoms with Crippen LogP contribution in [0.25, 0.3) is 0 Å². The Bertz CT molecular complexity index is 432. The van der Waals surface area contributed by atoms with E-state index < -0.39 is 0 Å². The first-order valence-electron chi connectivity index (χ1n) is 6.49. The second-order valence-corrected chi connectivity index (χ2v) is 5.14. The van der Waals surface area contributed by atoms with Gasteiger partial charge in [-0.2, -0.15) is 0 Å². The van der Waals surface area contributed by atoms with Gasteiger partial charge >= 0.3 is 0 Å². The van der Waals surface area contributed by atoms with Gasteiger partial charge in [0.2, 0.25) is 0 Å². The van der Waals surface area contributed by atoms with E-state index in [1.54, 1.807) is 18.5 Å². The SMILES string of the molecule is CC(C)Oc1cncc(C(=O)C2CCCC2N)c1. The third-order valence-corrected chi connectivity index (χ3v) is 3.28. The highest BCUT2D eigenvalue weighted by molar-refractivity contribution is 5.98. The number of nitrogens with zero attached hydrogens (tertiary/aromatic N) is 1. The Morgan fingerprint density at radius 2 is 2.22 bits per heavy atom. The number of rotatable bonds is 4. The molecule has 4 nitrogen and oxygen atoms in total. The Balaban J connectivity index is 2.15. The number of carbonyl (C=O) groups excluding carboxylic acids is 1. The van der Waals surface area contributed by atoms with Crippen molar-refractivity contribution in [2.75, 3.05) is 0 Å². The molecule has 1 aliphatic carbocycles. The number of aromatic nitrogens is 1. The van der Waals surface area contributed by atoms with E-state index in [0.717, 1.165) is 19.3 Å². The van der Waals surface area contributed by atoms with Gasteiger partial charge in [0.25, 0.3) is 0 Å². The average molecular weight is 248 g/mol. The van der Waals surface area contributed by atoms with Gasteiger partial charge in [-0.1, -0.05) is 6.42 Å². The number of carbonyl (C=O) groups is 1. The van der Waals surface area contributed by atoms with E-state index in [2.05, 4.69) is 4.98 Å². The summed E-state index contributed by atoms with van der Waals surface area (Å²) in [7, 11) is 0. The quantitative estimate of drug-likeness (QED) is 0.829. The minimum Gasteiger partial charge on any atom is -0.489 e. The smallest absolute Gasteiger partial charge is 0.169 e. The number of pyridine rings is 1. The molecule has 0 bridgehead atoms. The topological polar surface area (TPSA) is 65.2 Å². The summed E-state index contributed by atoms with van der Waals surface area (Å²) in [6.07, 6.45) is 6.16. The molecule has 2 atom stereocenters. The minimum absolute atomic E-state index is 0.00725. The first-order chi connectivity index (χ1) is 8.58. The molecular weight excluding hydrogens is 228 g/mol. The monoisotopic (exact) mass is 248 g/mol. The lowest BCUT2D eigenvalue weighted by atomic mass is 9.94. The van der Waals surface area contributed by atoms with Crippen molar-refractivity contribution in [3.05, 3.63) is 24.0 Å². The Hall–Kier alpha value is -1.42. The largest absolute Gasteiger partial charge is 0.489 e. The van der Waals surface area contributed by atoms with Crippen LogP contribution in [0.4, 0.5) is 0 Å². The zero-order valence-electron chi connectivity index (χ0n) is 10.9. The van der Waals surface area contributed by atoms with Crippen molar-refractivity contribution < 1.29 is 9.53 Å². The maximum absolute atomic E-state index is 12.3. The lowest BCUT2D eigenvalue weighted by Crippen LogP contribution is -2.30. The van der Waals surface area contributed by atoms with Crippen molar-refractivity contribution in [2.45, 2.75) is 45.3 Å². The molecule has 0 amide bonds. The summed E-state index contributed by atoms with van der Waals surface area (Å²) in [5, 5.41) is 0. The van der Waals surface area contributed by atoms with Crippen LogP contribution < -0.4 is 10.5 Å². The normalized spacial score (nSPS) is 23.3. The third kappa shape index (κ3) is 2.88. The molecule has 2 N–H and O–H groups in total. The highest BCUT2D eigenvalue weighted by Crippen LogP contribution is 2.28. The Labute approximate surface area is 108 Å². The standard InChI is InChI=1S/C14H20N2O2/c1-9(2)18-11-6-10(7-16-8-11)14(17)12-4-3-5-13(12)15/h6-9,12-13H,3-5,15H2,1-2H3. The van der Waals surface area contributed by atoms with Gasteiger partial charge in [0.05, 0.1) is 12.3 Å². The van der Waals surface area contributed by atoms with Crippen LogP contribution in [0, 0.1) is 5.92 Å². The van der Waals surface area contributed by atoms with Crippen LogP contribution in [-0.2, 0) is 0 Å². The van der Waals surface area contributed by atoms with Crippen molar-refractivity contribution in [2.24, 2.45) is 11.7 Å². The van der Waals surface area contributed by atoms with E-state index in [1.807, 2.05) is 13.8 Å². The average Bonchev–Trinajstić information content (AvgIpc) is 2.74. The van der Waals surface area contributed by atoms with Gasteiger partial charge in [0.1, 0.15) is 5.75 Å². The summed E-state index contributed by atoms with van der Waals surface area (Å²) in [5.74, 6) is 0.685. The fourth-order valence-corrected chi connectivity index (χ4v) is 2.42. The predicted octanol–water partition coefficient (Wildman–Crippen LogP) is 2.18. The van der Waals surface area contributed by atoms with Gasteiger partial charge < -0.3 is 10.5 Å². The number of hydrogen-bond donors (Lipinski definition) is 1. The molecule has 1 saturated carbocycles. The summed E-state index contributed by atoms with van der Waals surface area (Å²) in [4.78, 5) is 16.4. The van der Waals surface area contributed by atoms with Gasteiger partial charge in [-0.05, 0) is 32.8 Å². The zero-order chi connectivity index (χ0) is 13.1. The van der Waals surface area contributed by atoms with E-state index in [1.165, 1.54) is 0 Å². The Morgan fingerprint density at radius 1 is 1.44 bits per heavy atom. The van der Waals surface area contributed by atoms with Crippen LogP contribution >= 0.6 is 0 Å². The molecule has 4 heteroatoms. The third-order valence-electron chi connectivity index (χ3n) is 3.28. The Morgan fingerprint density at radius 3 is 2.83 bits per heavy atom. The maximum Gasteiger partial charge on any atom is 0.169 e. The van der Waals surface area contributed by atoms with Gasteiger partial charge in [0, 0.05) is 23.7 Å². The molecule has 1 heterocycles. The highest BCUT2D eigenvalue weighted by atomic mass is 16.5. The van der Waals surface area contributed by atoms with Crippen LogP contribution in [-0.4, -0.2) is 22.9 Å². The molecule has 1 aromatic heterocycles. The lowest BCUT2D eigenvalue weighted by Gasteiger charge is -2.15. The molecule has 1 aromatic rings. The molecule has 0 aliphatic heterocycles. The summed E-state index contributed by atoms with van der Waals surface area (Å²) >= 11 is 0. The van der Waals surface area contributed by atoms with Crippen molar-refractivity contribution in [3.63, 3.8) is 0 Å². The highest BCUT2D eigenvalue weighted by Gasteiger charge is 2.31. The second kappa shape index (κ2) is 5.48. The lowest BCUT2D eigenvalue weighted by molar-refractivity contribution is 0.0912. The molecular formula is C14H20N2O2. The van der Waals surface area contributed by atoms with Crippen LogP contribution in [0.2, 0.25) is 0 Å². The summed E-state index contributed by atoms with van der Waals surface area (Å²) < 4.78 is 5.55. The van der Waals surface area contributed by atoms with E-state index in [0.29, 0.717) is 11.3 Å². The van der Waals surface area contributed by atoms with Crippen LogP contribution in [0.15, 0.2) is 18.5 Å². The first kappa shape index (κ1) is 13.0. The van der Waals surface area contributed by atoms with Crippen molar-refractivity contribution >= 4 is 5.78 Å². The minimum atomic E-state index is -0.0545. The van der Waals surface area contributed by atoms with Gasteiger partial charge in [-0.15, -0.1) is 0 Å². The number of ether oxygens (including phenoxy) is 1. The molecule has 98 valence electrons. The van der Waals surface area contributed by atoms with E-state index in [9.17, 15) is 4.79 Å². The summed E-state index contributed by atoms with van der Waals surface area (Å²) in [5.41, 5.74) is 6.57. The number of ketones is 1. The molecule has 0 radical (unpaired) electrons. The number of Topliss-reactive ketones (excluding diaryl/α,β-unsaturated/α-hetero) is 1. The molecule has 1 aliphatic rings. The summed E-state index contributed by atoms with van der Waals surface area (Å²) in [6.45, 7) is 3.89. The Kier molecular flexibility index (Phi) is 3.97. The second-order valence-electron chi connectivity index (χ2n) is 5.14. The van der Waals surface area contributed by atoms with E-state index in [-0.39, 0.29) is 23.8 Å². The van der Waals surface area contributed by atoms with Gasteiger partial charge in [-0.25, -0.2) is 0 Å². The molecule has 2 unspecified atom stereocenters. The summed E-state index contributed by atoms with van der Waals surface area (Å²) in [6, 6.07) is 1.76. The molecule has 0 spiro atoms. The molecule has 0 aromatic carbocycles. The number of nitrogens with two attached hydrogens (primary N) is 1. The van der Waals surface area contributed by atoms with Crippen LogP contribution in [0.5, 0.6) is 5.75 Å².